The number of nitrogens with zero attached hydrogens (tertiary/aromatic N) is 2. The molecule has 0 fully saturated rings. The fourth-order valence-electron chi connectivity index (χ4n) is 1.25. The van der Waals surface area contributed by atoms with Gasteiger partial charge in [-0.2, -0.15) is 5.10 Å². The Morgan fingerprint density at radius 1 is 1.47 bits per heavy atom. The lowest BCUT2D eigenvalue weighted by Crippen LogP contribution is -1.82. The molecule has 76 valence electrons. The largest absolute Gasteiger partial charge is 0.277 e. The van der Waals surface area contributed by atoms with Crippen molar-refractivity contribution in [2.45, 2.75) is 4.90 Å². The van der Waals surface area contributed by atoms with Gasteiger partial charge in [-0.15, -0.1) is 18.3 Å². The third kappa shape index (κ3) is 2.27. The minimum absolute atomic E-state index is 0.882. The fourth-order valence-corrected chi connectivity index (χ4v) is 1.98. The summed E-state index contributed by atoms with van der Waals surface area (Å²) in [7, 11) is 0. The molecule has 4 heteroatoms. The highest BCUT2D eigenvalue weighted by Crippen LogP contribution is 2.28. The van der Waals surface area contributed by atoms with Gasteiger partial charge in [0.15, 0.2) is 0 Å². The molecule has 3 nitrogen and oxygen atoms in total. The van der Waals surface area contributed by atoms with Crippen molar-refractivity contribution in [3.63, 3.8) is 0 Å². The van der Waals surface area contributed by atoms with Crippen LogP contribution in [0.2, 0.25) is 0 Å². The molecular weight excluding hydrogens is 206 g/mol. The van der Waals surface area contributed by atoms with Gasteiger partial charge in [-0.05, 0) is 12.1 Å². The van der Waals surface area contributed by atoms with Gasteiger partial charge >= 0.3 is 0 Å². The van der Waals surface area contributed by atoms with Crippen molar-refractivity contribution in [2.75, 3.05) is 5.75 Å². The minimum atomic E-state index is 0.882. The Morgan fingerprint density at radius 2 is 2.40 bits per heavy atom. The van der Waals surface area contributed by atoms with Crippen LogP contribution in [0.3, 0.4) is 0 Å². The Kier molecular flexibility index (Phi) is 3.19. The van der Waals surface area contributed by atoms with Crippen molar-refractivity contribution in [2.24, 2.45) is 0 Å². The molecule has 2 aromatic heterocycles. The van der Waals surface area contributed by atoms with Crippen molar-refractivity contribution in [1.29, 1.82) is 0 Å². The summed E-state index contributed by atoms with van der Waals surface area (Å²) >= 11 is 1.71. The average molecular weight is 217 g/mol. The quantitative estimate of drug-likeness (QED) is 0.632. The molecule has 15 heavy (non-hydrogen) atoms. The number of H-pyrrole nitrogens is 1. The third-order valence-corrected chi connectivity index (χ3v) is 2.93. The second-order valence-electron chi connectivity index (χ2n) is 2.95. The lowest BCUT2D eigenvalue weighted by molar-refractivity contribution is 1.09. The van der Waals surface area contributed by atoms with E-state index in [1.807, 2.05) is 30.6 Å². The Bertz CT molecular complexity index is 436. The normalized spacial score (nSPS) is 10.1. The van der Waals surface area contributed by atoms with Crippen molar-refractivity contribution >= 4 is 11.8 Å². The molecular formula is C11H11N3S. The Labute approximate surface area is 92.6 Å². The Morgan fingerprint density at radius 3 is 3.13 bits per heavy atom. The van der Waals surface area contributed by atoms with Gasteiger partial charge in [-0.25, -0.2) is 0 Å². The molecule has 0 bridgehead atoms. The Hall–Kier alpha value is -1.55. The molecule has 0 amide bonds. The topological polar surface area (TPSA) is 41.6 Å². The van der Waals surface area contributed by atoms with Crippen molar-refractivity contribution in [3.8, 4) is 11.3 Å². The minimum Gasteiger partial charge on any atom is -0.277 e. The summed E-state index contributed by atoms with van der Waals surface area (Å²) in [6.45, 7) is 3.70. The predicted molar refractivity (Wildman–Crippen MR) is 62.7 cm³/mol. The first-order valence-corrected chi connectivity index (χ1v) is 5.58. The zero-order valence-electron chi connectivity index (χ0n) is 8.18. The van der Waals surface area contributed by atoms with Gasteiger partial charge in [0.1, 0.15) is 0 Å². The van der Waals surface area contributed by atoms with E-state index in [9.17, 15) is 0 Å². The first-order valence-electron chi connectivity index (χ1n) is 4.59. The summed E-state index contributed by atoms with van der Waals surface area (Å²) in [6, 6.07) is 3.93. The van der Waals surface area contributed by atoms with Gasteiger partial charge in [0.05, 0.1) is 16.8 Å². The predicted octanol–water partition coefficient (Wildman–Crippen LogP) is 2.75. The maximum Gasteiger partial charge on any atom is 0.0801 e. The van der Waals surface area contributed by atoms with Crippen LogP contribution in [-0.2, 0) is 0 Å². The molecule has 2 rings (SSSR count). The van der Waals surface area contributed by atoms with Gasteiger partial charge in [0.2, 0.25) is 0 Å². The van der Waals surface area contributed by atoms with E-state index >= 15 is 0 Å². The molecule has 0 atom stereocenters. The number of aromatic nitrogens is 3. The highest BCUT2D eigenvalue weighted by Gasteiger charge is 2.06. The summed E-state index contributed by atoms with van der Waals surface area (Å²) in [5, 5.41) is 7.03. The number of rotatable bonds is 4. The number of hydrogen-bond donors (Lipinski definition) is 1. The molecule has 0 aliphatic heterocycles. The molecule has 0 aromatic carbocycles. The lowest BCUT2D eigenvalue weighted by atomic mass is 10.2. The number of nitrogens with one attached hydrogen (secondary N) is 1. The molecule has 2 aromatic rings. The molecule has 0 radical (unpaired) electrons. The summed E-state index contributed by atoms with van der Waals surface area (Å²) in [6.07, 6.45) is 7.29. The van der Waals surface area contributed by atoms with Gasteiger partial charge in [-0.3, -0.25) is 10.1 Å². The first-order chi connectivity index (χ1) is 7.42. The summed E-state index contributed by atoms with van der Waals surface area (Å²) < 4.78 is 0. The van der Waals surface area contributed by atoms with Crippen LogP contribution in [0.25, 0.3) is 11.3 Å². The van der Waals surface area contributed by atoms with Crippen molar-refractivity contribution < 1.29 is 0 Å². The molecule has 0 unspecified atom stereocenters. The van der Waals surface area contributed by atoms with Crippen LogP contribution in [0.15, 0.2) is 48.3 Å². The monoisotopic (exact) mass is 217 g/mol. The average Bonchev–Trinajstić information content (AvgIpc) is 2.75. The SMILES string of the molecule is C=CCSc1cn[nH]c1-c1cccnc1. The van der Waals surface area contributed by atoms with E-state index in [0.717, 1.165) is 21.9 Å². The molecule has 0 spiro atoms. The van der Waals surface area contributed by atoms with Crippen LogP contribution in [0.5, 0.6) is 0 Å². The van der Waals surface area contributed by atoms with E-state index in [1.165, 1.54) is 0 Å². The third-order valence-electron chi connectivity index (χ3n) is 1.91. The zero-order chi connectivity index (χ0) is 10.5. The van der Waals surface area contributed by atoms with E-state index in [2.05, 4.69) is 21.8 Å². The highest BCUT2D eigenvalue weighted by molar-refractivity contribution is 7.99. The highest BCUT2D eigenvalue weighted by atomic mass is 32.2. The smallest absolute Gasteiger partial charge is 0.0801 e. The summed E-state index contributed by atoms with van der Waals surface area (Å²) in [5.74, 6) is 0.882. The molecule has 1 N–H and O–H groups in total. The van der Waals surface area contributed by atoms with E-state index in [-0.39, 0.29) is 0 Å². The zero-order valence-corrected chi connectivity index (χ0v) is 9.00. The van der Waals surface area contributed by atoms with Gasteiger partial charge in [-0.1, -0.05) is 6.08 Å². The molecule has 2 heterocycles. The maximum absolute atomic E-state index is 4.08. The van der Waals surface area contributed by atoms with Crippen molar-refractivity contribution in [1.82, 2.24) is 15.2 Å². The van der Waals surface area contributed by atoms with E-state index in [1.54, 1.807) is 18.0 Å². The van der Waals surface area contributed by atoms with Gasteiger partial charge < -0.3 is 0 Å². The van der Waals surface area contributed by atoms with Gasteiger partial charge in [0, 0.05) is 23.7 Å². The molecule has 0 aliphatic rings. The van der Waals surface area contributed by atoms with Crippen LogP contribution < -0.4 is 0 Å². The molecule has 0 aliphatic carbocycles. The van der Waals surface area contributed by atoms with E-state index in [0.29, 0.717) is 0 Å². The van der Waals surface area contributed by atoms with Crippen LogP contribution in [0.1, 0.15) is 0 Å². The number of thioether (sulfide) groups is 1. The standard InChI is InChI=1S/C11H11N3S/c1-2-6-15-10-8-13-14-11(10)9-4-3-5-12-7-9/h2-5,7-8H,1,6H2,(H,13,14). The lowest BCUT2D eigenvalue weighted by Gasteiger charge is -2.00. The second-order valence-corrected chi connectivity index (χ2v) is 4.01. The number of pyridine rings is 1. The van der Waals surface area contributed by atoms with Crippen LogP contribution in [-0.4, -0.2) is 20.9 Å². The molecule has 0 saturated heterocycles. The number of aromatic amines is 1. The van der Waals surface area contributed by atoms with Crippen LogP contribution in [0, 0.1) is 0 Å². The number of hydrogen-bond acceptors (Lipinski definition) is 3. The molecule has 0 saturated carbocycles. The summed E-state index contributed by atoms with van der Waals surface area (Å²) in [4.78, 5) is 5.21. The fraction of sp³-hybridized carbons (Fsp3) is 0.0909. The van der Waals surface area contributed by atoms with E-state index in [4.69, 9.17) is 0 Å². The first kappa shape index (κ1) is 9.98. The van der Waals surface area contributed by atoms with Crippen molar-refractivity contribution in [3.05, 3.63) is 43.4 Å². The maximum atomic E-state index is 4.08. The van der Waals surface area contributed by atoms with E-state index < -0.39 is 0 Å². The van der Waals surface area contributed by atoms with Crippen LogP contribution >= 0.6 is 11.8 Å². The second kappa shape index (κ2) is 4.79. The van der Waals surface area contributed by atoms with Gasteiger partial charge in [0.25, 0.3) is 0 Å². The summed E-state index contributed by atoms with van der Waals surface area (Å²) in [5.41, 5.74) is 2.08. The Balaban J connectivity index is 2.29. The van der Waals surface area contributed by atoms with Crippen LogP contribution in [0.4, 0.5) is 0 Å².